The first-order valence-electron chi connectivity index (χ1n) is 11.2. The molecule has 1 aromatic rings. The summed E-state index contributed by atoms with van der Waals surface area (Å²) >= 11 is 0. The summed E-state index contributed by atoms with van der Waals surface area (Å²) in [5.41, 5.74) is 0. The van der Waals surface area contributed by atoms with Crippen molar-refractivity contribution in [2.75, 3.05) is 32.8 Å². The lowest BCUT2D eigenvalue weighted by Gasteiger charge is -2.37. The van der Waals surface area contributed by atoms with E-state index in [0.29, 0.717) is 38.5 Å². The molecule has 3 rings (SSSR count). The van der Waals surface area contributed by atoms with Crippen molar-refractivity contribution in [1.82, 2.24) is 14.5 Å². The third kappa shape index (κ3) is 5.74. The Hall–Kier alpha value is -1.64. The monoisotopic (exact) mass is 437 g/mol. The lowest BCUT2D eigenvalue weighted by atomic mass is 10.1. The van der Waals surface area contributed by atoms with Gasteiger partial charge in [-0.2, -0.15) is 4.31 Å². The number of carbonyl (C=O) groups excluding carboxylic acids is 1. The van der Waals surface area contributed by atoms with Crippen LogP contribution in [0.5, 0.6) is 5.75 Å². The largest absolute Gasteiger partial charge is 0.494 e. The number of piperazine rings is 1. The molecule has 1 saturated heterocycles. The quantitative estimate of drug-likeness (QED) is 0.664. The Kier molecular flexibility index (Phi) is 8.13. The van der Waals surface area contributed by atoms with Gasteiger partial charge in [-0.1, -0.05) is 25.7 Å². The molecule has 2 aliphatic rings. The van der Waals surface area contributed by atoms with E-state index in [1.807, 2.05) is 13.8 Å². The highest BCUT2D eigenvalue weighted by Gasteiger charge is 2.32. The first kappa shape index (κ1) is 23.0. The number of rotatable bonds is 7. The number of ether oxygens (including phenoxy) is 1. The zero-order valence-corrected chi connectivity index (χ0v) is 19.0. The molecule has 1 saturated carbocycles. The van der Waals surface area contributed by atoms with Gasteiger partial charge in [-0.15, -0.1) is 0 Å². The van der Waals surface area contributed by atoms with Crippen LogP contribution in [0, 0.1) is 0 Å². The lowest BCUT2D eigenvalue weighted by Crippen LogP contribution is -2.55. The van der Waals surface area contributed by atoms with Crippen molar-refractivity contribution in [1.29, 1.82) is 0 Å². The van der Waals surface area contributed by atoms with Crippen molar-refractivity contribution in [2.45, 2.75) is 69.4 Å². The number of sulfonamides is 1. The predicted molar refractivity (Wildman–Crippen MR) is 117 cm³/mol. The first-order chi connectivity index (χ1) is 14.4. The van der Waals surface area contributed by atoms with Gasteiger partial charge in [-0.3, -0.25) is 9.69 Å². The van der Waals surface area contributed by atoms with E-state index in [4.69, 9.17) is 4.74 Å². The van der Waals surface area contributed by atoms with Crippen LogP contribution in [0.1, 0.15) is 52.4 Å². The average molecular weight is 438 g/mol. The molecule has 0 aromatic heterocycles. The molecule has 2 fully saturated rings. The summed E-state index contributed by atoms with van der Waals surface area (Å²) in [6.07, 6.45) is 7.00. The molecule has 1 amide bonds. The Balaban J connectivity index is 1.53. The minimum Gasteiger partial charge on any atom is -0.494 e. The van der Waals surface area contributed by atoms with E-state index in [9.17, 15) is 13.2 Å². The fraction of sp³-hybridized carbons (Fsp3) is 0.682. The van der Waals surface area contributed by atoms with Crippen molar-refractivity contribution < 1.29 is 17.9 Å². The molecule has 8 heteroatoms. The molecule has 7 nitrogen and oxygen atoms in total. The van der Waals surface area contributed by atoms with E-state index in [2.05, 4.69) is 10.2 Å². The molecular weight excluding hydrogens is 402 g/mol. The Morgan fingerprint density at radius 1 is 1.07 bits per heavy atom. The predicted octanol–water partition coefficient (Wildman–Crippen LogP) is 2.62. The summed E-state index contributed by atoms with van der Waals surface area (Å²) in [7, 11) is -3.54. The highest BCUT2D eigenvalue weighted by atomic mass is 32.2. The van der Waals surface area contributed by atoms with Crippen LogP contribution in [0.15, 0.2) is 29.2 Å². The molecule has 0 bridgehead atoms. The molecule has 1 heterocycles. The molecule has 1 aliphatic carbocycles. The Bertz CT molecular complexity index is 781. The van der Waals surface area contributed by atoms with Crippen molar-refractivity contribution >= 4 is 15.9 Å². The Labute approximate surface area is 180 Å². The molecule has 1 aliphatic heterocycles. The molecular formula is C22H35N3O4S. The van der Waals surface area contributed by atoms with Gasteiger partial charge in [-0.25, -0.2) is 8.42 Å². The smallest absolute Gasteiger partial charge is 0.243 e. The van der Waals surface area contributed by atoms with E-state index in [-0.39, 0.29) is 22.9 Å². The first-order valence-corrected chi connectivity index (χ1v) is 12.6. The van der Waals surface area contributed by atoms with Gasteiger partial charge in [-0.05, 0) is 51.0 Å². The highest BCUT2D eigenvalue weighted by molar-refractivity contribution is 7.89. The van der Waals surface area contributed by atoms with Crippen molar-refractivity contribution in [3.05, 3.63) is 24.3 Å². The summed E-state index contributed by atoms with van der Waals surface area (Å²) < 4.78 is 32.8. The van der Waals surface area contributed by atoms with Crippen LogP contribution >= 0.6 is 0 Å². The van der Waals surface area contributed by atoms with Crippen LogP contribution in [0.4, 0.5) is 0 Å². The standard InChI is InChI=1S/C22H35N3O4S/c1-3-29-20-10-12-21(13-11-20)30(27,28)25-16-14-24(15-17-25)18(2)22(26)23-19-8-6-4-5-7-9-19/h10-13,18-19H,3-9,14-17H2,1-2H3,(H,23,26)/t18-/m0/s1. The van der Waals surface area contributed by atoms with Crippen molar-refractivity contribution in [2.24, 2.45) is 0 Å². The Morgan fingerprint density at radius 2 is 1.67 bits per heavy atom. The summed E-state index contributed by atoms with van der Waals surface area (Å²) in [6, 6.07) is 6.59. The molecule has 0 spiro atoms. The van der Waals surface area contributed by atoms with E-state index in [1.54, 1.807) is 24.3 Å². The maximum atomic E-state index is 12.9. The second-order valence-corrected chi connectivity index (χ2v) is 10.2. The van der Waals surface area contributed by atoms with Crippen molar-refractivity contribution in [3.8, 4) is 5.75 Å². The van der Waals surface area contributed by atoms with Gasteiger partial charge in [0.1, 0.15) is 5.75 Å². The van der Waals surface area contributed by atoms with E-state index < -0.39 is 10.0 Å². The SMILES string of the molecule is CCOc1ccc(S(=O)(=O)N2CCN([C@@H](C)C(=O)NC3CCCCCC3)CC2)cc1. The van der Waals surface area contributed by atoms with E-state index >= 15 is 0 Å². The summed E-state index contributed by atoms with van der Waals surface area (Å²) in [4.78, 5) is 15.1. The zero-order chi connectivity index (χ0) is 21.6. The van der Waals surface area contributed by atoms with Gasteiger partial charge < -0.3 is 10.1 Å². The molecule has 0 radical (unpaired) electrons. The molecule has 1 aromatic carbocycles. The number of nitrogens with one attached hydrogen (secondary N) is 1. The van der Waals surface area contributed by atoms with Crippen molar-refractivity contribution in [3.63, 3.8) is 0 Å². The van der Waals surface area contributed by atoms with Gasteiger partial charge in [0.05, 0.1) is 17.5 Å². The van der Waals surface area contributed by atoms with Gasteiger partial charge in [0, 0.05) is 32.2 Å². The molecule has 168 valence electrons. The third-order valence-electron chi connectivity index (χ3n) is 6.17. The molecule has 0 unspecified atom stereocenters. The number of amides is 1. The highest BCUT2D eigenvalue weighted by Crippen LogP contribution is 2.22. The van der Waals surface area contributed by atoms with Crippen LogP contribution in [0.25, 0.3) is 0 Å². The number of hydrogen-bond acceptors (Lipinski definition) is 5. The van der Waals surface area contributed by atoms with Crippen LogP contribution in [-0.2, 0) is 14.8 Å². The minimum atomic E-state index is -3.54. The van der Waals surface area contributed by atoms with E-state index in [0.717, 1.165) is 12.8 Å². The van der Waals surface area contributed by atoms with Gasteiger partial charge in [0.25, 0.3) is 0 Å². The maximum absolute atomic E-state index is 12.9. The summed E-state index contributed by atoms with van der Waals surface area (Å²) in [5, 5.41) is 3.21. The second kappa shape index (κ2) is 10.6. The zero-order valence-electron chi connectivity index (χ0n) is 18.2. The van der Waals surface area contributed by atoms with Gasteiger partial charge in [0.15, 0.2) is 0 Å². The maximum Gasteiger partial charge on any atom is 0.243 e. The minimum absolute atomic E-state index is 0.0599. The number of nitrogens with zero attached hydrogens (tertiary/aromatic N) is 2. The van der Waals surface area contributed by atoms with Gasteiger partial charge >= 0.3 is 0 Å². The summed E-state index contributed by atoms with van der Waals surface area (Å²) in [6.45, 7) is 6.23. The second-order valence-electron chi connectivity index (χ2n) is 8.22. The number of benzene rings is 1. The topological polar surface area (TPSA) is 79.0 Å². The summed E-state index contributed by atoms with van der Waals surface area (Å²) in [5.74, 6) is 0.722. The molecule has 1 N–H and O–H groups in total. The normalized spacial score (nSPS) is 21.0. The fourth-order valence-corrected chi connectivity index (χ4v) is 5.69. The third-order valence-corrected chi connectivity index (χ3v) is 8.09. The molecule has 30 heavy (non-hydrogen) atoms. The lowest BCUT2D eigenvalue weighted by molar-refractivity contribution is -0.127. The van der Waals surface area contributed by atoms with Gasteiger partial charge in [0.2, 0.25) is 15.9 Å². The fourth-order valence-electron chi connectivity index (χ4n) is 4.27. The average Bonchev–Trinajstić information content (AvgIpc) is 3.02. The number of hydrogen-bond donors (Lipinski definition) is 1. The van der Waals surface area contributed by atoms with Crippen LogP contribution < -0.4 is 10.1 Å². The van der Waals surface area contributed by atoms with Crippen LogP contribution in [-0.4, -0.2) is 68.4 Å². The number of carbonyl (C=O) groups is 1. The van der Waals surface area contributed by atoms with Crippen LogP contribution in [0.3, 0.4) is 0 Å². The Morgan fingerprint density at radius 3 is 2.23 bits per heavy atom. The van der Waals surface area contributed by atoms with E-state index in [1.165, 1.54) is 30.0 Å². The van der Waals surface area contributed by atoms with Crippen LogP contribution in [0.2, 0.25) is 0 Å². The molecule has 1 atom stereocenters.